The predicted octanol–water partition coefficient (Wildman–Crippen LogP) is 2.50. The van der Waals surface area contributed by atoms with Gasteiger partial charge in [-0.3, -0.25) is 0 Å². The topological polar surface area (TPSA) is 64.1 Å². The molecular formula is C19H33N3O3. The fourth-order valence-corrected chi connectivity index (χ4v) is 2.15. The highest BCUT2D eigenvalue weighted by Gasteiger charge is 2.06. The zero-order valence-electron chi connectivity index (χ0n) is 16.2. The maximum Gasteiger partial charge on any atom is 0.191 e. The Hall–Kier alpha value is -1.79. The second kappa shape index (κ2) is 12.6. The monoisotopic (exact) mass is 351 g/mol. The van der Waals surface area contributed by atoms with Gasteiger partial charge >= 0.3 is 0 Å². The van der Waals surface area contributed by atoms with Crippen LogP contribution >= 0.6 is 0 Å². The number of guanidine groups is 1. The number of nitrogens with one attached hydrogen (secondary N) is 2. The van der Waals surface area contributed by atoms with E-state index < -0.39 is 0 Å². The second-order valence-electron chi connectivity index (χ2n) is 6.00. The molecule has 6 nitrogen and oxygen atoms in total. The highest BCUT2D eigenvalue weighted by atomic mass is 16.5. The second-order valence-corrected chi connectivity index (χ2v) is 6.00. The van der Waals surface area contributed by atoms with Crippen LogP contribution in [0.5, 0.6) is 5.75 Å². The molecule has 0 bridgehead atoms. The van der Waals surface area contributed by atoms with Gasteiger partial charge in [0.2, 0.25) is 0 Å². The summed E-state index contributed by atoms with van der Waals surface area (Å²) in [5.74, 6) is 1.67. The Morgan fingerprint density at radius 3 is 2.64 bits per heavy atom. The summed E-state index contributed by atoms with van der Waals surface area (Å²) in [7, 11) is 1.67. The van der Waals surface area contributed by atoms with E-state index in [0.717, 1.165) is 23.8 Å². The first-order chi connectivity index (χ1) is 12.1. The Kier molecular flexibility index (Phi) is 10.7. The van der Waals surface area contributed by atoms with Crippen LogP contribution in [0.2, 0.25) is 0 Å². The third kappa shape index (κ3) is 9.31. The normalized spacial score (nSPS) is 11.7. The van der Waals surface area contributed by atoms with Crippen molar-refractivity contribution in [3.63, 3.8) is 0 Å². The number of methoxy groups -OCH3 is 1. The fraction of sp³-hybridized carbons (Fsp3) is 0.632. The molecule has 0 unspecified atom stereocenters. The van der Waals surface area contributed by atoms with Crippen LogP contribution in [0.3, 0.4) is 0 Å². The number of aliphatic imine (C=N–C) groups is 1. The molecule has 0 aliphatic heterocycles. The van der Waals surface area contributed by atoms with E-state index in [4.69, 9.17) is 14.2 Å². The average Bonchev–Trinajstić information content (AvgIpc) is 2.56. The van der Waals surface area contributed by atoms with Gasteiger partial charge in [0.1, 0.15) is 5.75 Å². The van der Waals surface area contributed by atoms with Gasteiger partial charge in [-0.15, -0.1) is 0 Å². The van der Waals surface area contributed by atoms with Crippen LogP contribution in [0, 0.1) is 6.92 Å². The number of ether oxygens (including phenoxy) is 3. The molecule has 1 aromatic carbocycles. The summed E-state index contributed by atoms with van der Waals surface area (Å²) in [6, 6.07) is 6.23. The van der Waals surface area contributed by atoms with Gasteiger partial charge in [0.25, 0.3) is 0 Å². The number of hydrogen-bond donors (Lipinski definition) is 2. The number of hydrogen-bond acceptors (Lipinski definition) is 4. The van der Waals surface area contributed by atoms with Crippen molar-refractivity contribution in [2.45, 2.75) is 40.3 Å². The molecule has 0 spiro atoms. The molecule has 0 saturated carbocycles. The average molecular weight is 351 g/mol. The first-order valence-electron chi connectivity index (χ1n) is 8.91. The molecule has 0 amide bonds. The van der Waals surface area contributed by atoms with E-state index in [9.17, 15) is 0 Å². The van der Waals surface area contributed by atoms with Gasteiger partial charge in [0.05, 0.1) is 32.5 Å². The van der Waals surface area contributed by atoms with Crippen LogP contribution in [0.4, 0.5) is 0 Å². The zero-order chi connectivity index (χ0) is 18.5. The SMILES string of the molecule is CCNC(=NCc1ccc(C)cc1OC(C)C)NCCOCCOC. The molecule has 0 atom stereocenters. The van der Waals surface area contributed by atoms with Crippen LogP contribution in [0.1, 0.15) is 31.9 Å². The van der Waals surface area contributed by atoms with Crippen molar-refractivity contribution in [1.29, 1.82) is 0 Å². The van der Waals surface area contributed by atoms with Crippen molar-refractivity contribution in [1.82, 2.24) is 10.6 Å². The summed E-state index contributed by atoms with van der Waals surface area (Å²) in [5.41, 5.74) is 2.26. The molecule has 2 N–H and O–H groups in total. The number of aryl methyl sites for hydroxylation is 1. The Morgan fingerprint density at radius 1 is 1.16 bits per heavy atom. The van der Waals surface area contributed by atoms with Crippen molar-refractivity contribution in [3.05, 3.63) is 29.3 Å². The molecule has 6 heteroatoms. The molecule has 25 heavy (non-hydrogen) atoms. The van der Waals surface area contributed by atoms with Crippen LogP contribution in [0.15, 0.2) is 23.2 Å². The van der Waals surface area contributed by atoms with Crippen LogP contribution in [-0.4, -0.2) is 52.1 Å². The maximum atomic E-state index is 5.91. The molecule has 0 heterocycles. The van der Waals surface area contributed by atoms with Gasteiger partial charge in [0.15, 0.2) is 5.96 Å². The lowest BCUT2D eigenvalue weighted by molar-refractivity contribution is 0.0733. The van der Waals surface area contributed by atoms with Crippen molar-refractivity contribution in [3.8, 4) is 5.75 Å². The standard InChI is InChI=1S/C19H33N3O3/c1-6-20-19(21-9-10-24-12-11-23-5)22-14-17-8-7-16(4)13-18(17)25-15(2)3/h7-8,13,15H,6,9-12,14H2,1-5H3,(H2,20,21,22). The minimum Gasteiger partial charge on any atom is -0.491 e. The molecule has 142 valence electrons. The van der Waals surface area contributed by atoms with E-state index in [2.05, 4.69) is 40.7 Å². The number of nitrogens with zero attached hydrogens (tertiary/aromatic N) is 1. The van der Waals surface area contributed by atoms with E-state index in [1.165, 1.54) is 5.56 Å². The third-order valence-electron chi connectivity index (χ3n) is 3.31. The van der Waals surface area contributed by atoms with Crippen molar-refractivity contribution in [2.75, 3.05) is 40.0 Å². The largest absolute Gasteiger partial charge is 0.491 e. The first-order valence-corrected chi connectivity index (χ1v) is 8.91. The lowest BCUT2D eigenvalue weighted by Gasteiger charge is -2.15. The highest BCUT2D eigenvalue weighted by Crippen LogP contribution is 2.22. The van der Waals surface area contributed by atoms with E-state index in [-0.39, 0.29) is 6.10 Å². The fourth-order valence-electron chi connectivity index (χ4n) is 2.15. The molecule has 0 aliphatic rings. The van der Waals surface area contributed by atoms with Gasteiger partial charge in [-0.05, 0) is 39.3 Å². The molecule has 0 aromatic heterocycles. The summed E-state index contributed by atoms with van der Waals surface area (Å²) in [4.78, 5) is 4.65. The third-order valence-corrected chi connectivity index (χ3v) is 3.31. The first kappa shape index (κ1) is 21.3. The number of benzene rings is 1. The summed E-state index contributed by atoms with van der Waals surface area (Å²) < 4.78 is 16.3. The minimum atomic E-state index is 0.139. The van der Waals surface area contributed by atoms with Crippen LogP contribution < -0.4 is 15.4 Å². The quantitative estimate of drug-likeness (QED) is 0.364. The van der Waals surface area contributed by atoms with Crippen molar-refractivity contribution >= 4 is 5.96 Å². The maximum absolute atomic E-state index is 5.91. The predicted molar refractivity (Wildman–Crippen MR) is 102 cm³/mol. The highest BCUT2D eigenvalue weighted by molar-refractivity contribution is 5.79. The molecule has 1 rings (SSSR count). The lowest BCUT2D eigenvalue weighted by Crippen LogP contribution is -2.39. The van der Waals surface area contributed by atoms with Gasteiger partial charge in [-0.1, -0.05) is 12.1 Å². The summed E-state index contributed by atoms with van der Waals surface area (Å²) in [6.45, 7) is 12.1. The van der Waals surface area contributed by atoms with Crippen molar-refractivity contribution in [2.24, 2.45) is 4.99 Å². The zero-order valence-corrected chi connectivity index (χ0v) is 16.2. The molecular weight excluding hydrogens is 318 g/mol. The van der Waals surface area contributed by atoms with E-state index in [1.54, 1.807) is 7.11 Å². The summed E-state index contributed by atoms with van der Waals surface area (Å²) in [5, 5.41) is 6.52. The van der Waals surface area contributed by atoms with Gasteiger partial charge in [-0.2, -0.15) is 0 Å². The van der Waals surface area contributed by atoms with Crippen LogP contribution in [0.25, 0.3) is 0 Å². The van der Waals surface area contributed by atoms with E-state index in [0.29, 0.717) is 32.9 Å². The van der Waals surface area contributed by atoms with E-state index in [1.807, 2.05) is 20.8 Å². The van der Waals surface area contributed by atoms with Gasteiger partial charge in [-0.25, -0.2) is 4.99 Å². The molecule has 0 aliphatic carbocycles. The smallest absolute Gasteiger partial charge is 0.191 e. The Labute approximate surface area is 152 Å². The summed E-state index contributed by atoms with van der Waals surface area (Å²) >= 11 is 0. The van der Waals surface area contributed by atoms with E-state index >= 15 is 0 Å². The minimum absolute atomic E-state index is 0.139. The lowest BCUT2D eigenvalue weighted by atomic mass is 10.1. The van der Waals surface area contributed by atoms with Gasteiger partial charge < -0.3 is 24.8 Å². The summed E-state index contributed by atoms with van der Waals surface area (Å²) in [6.07, 6.45) is 0.139. The Morgan fingerprint density at radius 2 is 1.96 bits per heavy atom. The van der Waals surface area contributed by atoms with Crippen molar-refractivity contribution < 1.29 is 14.2 Å². The Balaban J connectivity index is 2.61. The Bertz CT molecular complexity index is 519. The van der Waals surface area contributed by atoms with Gasteiger partial charge in [0, 0.05) is 25.8 Å². The molecule has 0 fully saturated rings. The molecule has 0 saturated heterocycles. The number of rotatable bonds is 11. The molecule has 0 radical (unpaired) electrons. The van der Waals surface area contributed by atoms with Crippen LogP contribution in [-0.2, 0) is 16.0 Å². The molecule has 1 aromatic rings.